The van der Waals surface area contributed by atoms with Crippen LogP contribution in [0, 0.1) is 5.82 Å². The number of halogens is 1. The topological polar surface area (TPSA) is 87.7 Å². The van der Waals surface area contributed by atoms with E-state index in [0.717, 1.165) is 53.8 Å². The van der Waals surface area contributed by atoms with E-state index in [4.69, 9.17) is 9.97 Å². The summed E-state index contributed by atoms with van der Waals surface area (Å²) in [4.78, 5) is 18.9. The maximum Gasteiger partial charge on any atom is 0.160 e. The van der Waals surface area contributed by atoms with E-state index in [1.807, 2.05) is 24.5 Å². The van der Waals surface area contributed by atoms with Crippen LogP contribution in [0.15, 0.2) is 55.0 Å². The van der Waals surface area contributed by atoms with Gasteiger partial charge in [0.05, 0.1) is 17.4 Å². The molecule has 1 aliphatic heterocycles. The van der Waals surface area contributed by atoms with E-state index < -0.39 is 0 Å². The van der Waals surface area contributed by atoms with Gasteiger partial charge in [0.1, 0.15) is 11.6 Å². The van der Waals surface area contributed by atoms with Crippen molar-refractivity contribution in [1.82, 2.24) is 30.6 Å². The molecule has 7 nitrogen and oxygen atoms in total. The molecule has 0 amide bonds. The van der Waals surface area contributed by atoms with Crippen molar-refractivity contribution in [3.8, 4) is 11.4 Å². The van der Waals surface area contributed by atoms with Crippen molar-refractivity contribution in [2.24, 2.45) is 0 Å². The molecule has 35 heavy (non-hydrogen) atoms. The Hall–Kier alpha value is -3.49. The van der Waals surface area contributed by atoms with Crippen LogP contribution in [-0.4, -0.2) is 39.1 Å². The summed E-state index contributed by atoms with van der Waals surface area (Å²) in [5, 5.41) is 11.5. The standard InChI is InChI=1S/C27H28FN7/c28-19-3-5-21(6-4-19)33-25-13-18(7-12-31-25)27-34-23-15-30-14-22(17-1-2-17)26(23)24(35-27)16-32-20-8-10-29-11-9-20/h3-7,12-15,17,20,29,32H,1-2,8-11,16H2,(H,31,33). The van der Waals surface area contributed by atoms with E-state index >= 15 is 0 Å². The summed E-state index contributed by atoms with van der Waals surface area (Å²) in [7, 11) is 0. The lowest BCUT2D eigenvalue weighted by Gasteiger charge is -2.24. The number of nitrogens with zero attached hydrogens (tertiary/aromatic N) is 4. The lowest BCUT2D eigenvalue weighted by Crippen LogP contribution is -2.39. The molecule has 4 heterocycles. The minimum atomic E-state index is -0.272. The Balaban J connectivity index is 1.35. The molecule has 0 radical (unpaired) electrons. The van der Waals surface area contributed by atoms with Crippen LogP contribution in [0.1, 0.15) is 42.9 Å². The number of fused-ring (bicyclic) bond motifs is 1. The largest absolute Gasteiger partial charge is 0.340 e. The Bertz CT molecular complexity index is 1330. The van der Waals surface area contributed by atoms with Gasteiger partial charge in [-0.25, -0.2) is 19.3 Å². The third kappa shape index (κ3) is 4.99. The van der Waals surface area contributed by atoms with Crippen molar-refractivity contribution in [3.05, 3.63) is 72.1 Å². The molecular weight excluding hydrogens is 441 g/mol. The Labute approximate surface area is 203 Å². The molecule has 6 rings (SSSR count). The van der Waals surface area contributed by atoms with Crippen molar-refractivity contribution in [3.63, 3.8) is 0 Å². The second-order valence-corrected chi connectivity index (χ2v) is 9.36. The molecule has 3 N–H and O–H groups in total. The number of rotatable bonds is 7. The van der Waals surface area contributed by atoms with Crippen molar-refractivity contribution >= 4 is 22.4 Å². The number of piperidine rings is 1. The number of hydrogen-bond acceptors (Lipinski definition) is 7. The van der Waals surface area contributed by atoms with Gasteiger partial charge < -0.3 is 16.0 Å². The average Bonchev–Trinajstić information content (AvgIpc) is 3.74. The molecule has 0 atom stereocenters. The molecule has 1 saturated heterocycles. The highest BCUT2D eigenvalue weighted by molar-refractivity contribution is 5.86. The molecule has 0 spiro atoms. The van der Waals surface area contributed by atoms with Gasteiger partial charge in [-0.1, -0.05) is 0 Å². The Morgan fingerprint density at radius 1 is 0.971 bits per heavy atom. The first-order chi connectivity index (χ1) is 17.2. The quantitative estimate of drug-likeness (QED) is 0.362. The first-order valence-electron chi connectivity index (χ1n) is 12.3. The van der Waals surface area contributed by atoms with Gasteiger partial charge >= 0.3 is 0 Å². The van der Waals surface area contributed by atoms with Gasteiger partial charge in [0.25, 0.3) is 0 Å². The van der Waals surface area contributed by atoms with Crippen LogP contribution in [0.4, 0.5) is 15.9 Å². The highest BCUT2D eigenvalue weighted by Crippen LogP contribution is 2.43. The van der Waals surface area contributed by atoms with Crippen LogP contribution in [0.5, 0.6) is 0 Å². The second kappa shape index (κ2) is 9.64. The third-order valence-corrected chi connectivity index (χ3v) is 6.76. The van der Waals surface area contributed by atoms with Gasteiger partial charge in [-0.05, 0) is 86.7 Å². The van der Waals surface area contributed by atoms with Gasteiger partial charge in [-0.2, -0.15) is 0 Å². The summed E-state index contributed by atoms with van der Waals surface area (Å²) in [5.74, 6) is 1.59. The molecule has 1 saturated carbocycles. The monoisotopic (exact) mass is 469 g/mol. The number of aromatic nitrogens is 4. The first kappa shape index (κ1) is 22.0. The van der Waals surface area contributed by atoms with Crippen LogP contribution < -0.4 is 16.0 Å². The minimum absolute atomic E-state index is 0.272. The molecule has 178 valence electrons. The molecule has 3 aromatic heterocycles. The number of hydrogen-bond donors (Lipinski definition) is 3. The van der Waals surface area contributed by atoms with Crippen LogP contribution in [0.2, 0.25) is 0 Å². The van der Waals surface area contributed by atoms with Gasteiger partial charge in [-0.3, -0.25) is 4.98 Å². The number of pyridine rings is 2. The normalized spacial score (nSPS) is 16.5. The van der Waals surface area contributed by atoms with E-state index in [1.165, 1.54) is 30.5 Å². The predicted molar refractivity (Wildman–Crippen MR) is 135 cm³/mol. The Kier molecular flexibility index (Phi) is 6.06. The summed E-state index contributed by atoms with van der Waals surface area (Å²) < 4.78 is 13.3. The fourth-order valence-electron chi connectivity index (χ4n) is 4.73. The van der Waals surface area contributed by atoms with Gasteiger partial charge in [-0.15, -0.1) is 0 Å². The maximum atomic E-state index is 13.3. The van der Waals surface area contributed by atoms with Crippen LogP contribution in [0.25, 0.3) is 22.3 Å². The highest BCUT2D eigenvalue weighted by atomic mass is 19.1. The third-order valence-electron chi connectivity index (χ3n) is 6.76. The van der Waals surface area contributed by atoms with E-state index in [1.54, 1.807) is 18.3 Å². The summed E-state index contributed by atoms with van der Waals surface area (Å²) in [6.45, 7) is 2.79. The summed E-state index contributed by atoms with van der Waals surface area (Å²) in [5.41, 5.74) is 4.81. The SMILES string of the molecule is Fc1ccc(Nc2cc(-c3nc(CNC4CCNCC4)c4c(C5CC5)cncc4n3)ccn2)cc1. The molecule has 1 aromatic carbocycles. The van der Waals surface area contributed by atoms with E-state index in [2.05, 4.69) is 25.9 Å². The lowest BCUT2D eigenvalue weighted by atomic mass is 10.0. The number of nitrogens with one attached hydrogen (secondary N) is 3. The van der Waals surface area contributed by atoms with Gasteiger partial charge in [0, 0.05) is 41.6 Å². The Morgan fingerprint density at radius 3 is 2.60 bits per heavy atom. The van der Waals surface area contributed by atoms with E-state index in [0.29, 0.717) is 30.1 Å². The first-order valence-corrected chi connectivity index (χ1v) is 12.3. The average molecular weight is 470 g/mol. The van der Waals surface area contributed by atoms with Crippen molar-refractivity contribution in [2.45, 2.75) is 44.2 Å². The molecule has 2 aliphatic rings. The van der Waals surface area contributed by atoms with Crippen LogP contribution in [0.3, 0.4) is 0 Å². The zero-order valence-corrected chi connectivity index (χ0v) is 19.5. The van der Waals surface area contributed by atoms with E-state index in [-0.39, 0.29) is 5.82 Å². The van der Waals surface area contributed by atoms with Crippen molar-refractivity contribution in [2.75, 3.05) is 18.4 Å². The van der Waals surface area contributed by atoms with Crippen LogP contribution >= 0.6 is 0 Å². The van der Waals surface area contributed by atoms with Crippen LogP contribution in [-0.2, 0) is 6.54 Å². The zero-order valence-electron chi connectivity index (χ0n) is 19.5. The number of benzene rings is 1. The number of anilines is 2. The molecular formula is C27H28FN7. The summed E-state index contributed by atoms with van der Waals surface area (Å²) in [6, 6.07) is 10.5. The fraction of sp³-hybridized carbons (Fsp3) is 0.333. The second-order valence-electron chi connectivity index (χ2n) is 9.36. The fourth-order valence-corrected chi connectivity index (χ4v) is 4.73. The van der Waals surface area contributed by atoms with Gasteiger partial charge in [0.15, 0.2) is 5.82 Å². The molecule has 2 fully saturated rings. The molecule has 1 aliphatic carbocycles. The smallest absolute Gasteiger partial charge is 0.160 e. The van der Waals surface area contributed by atoms with Crippen molar-refractivity contribution < 1.29 is 4.39 Å². The lowest BCUT2D eigenvalue weighted by molar-refractivity contribution is 0.385. The molecule has 0 unspecified atom stereocenters. The van der Waals surface area contributed by atoms with E-state index in [9.17, 15) is 4.39 Å². The zero-order chi connectivity index (χ0) is 23.6. The summed E-state index contributed by atoms with van der Waals surface area (Å²) in [6.07, 6.45) is 10.2. The van der Waals surface area contributed by atoms with Crippen molar-refractivity contribution in [1.29, 1.82) is 0 Å². The molecule has 0 bridgehead atoms. The molecule has 4 aromatic rings. The van der Waals surface area contributed by atoms with Gasteiger partial charge in [0.2, 0.25) is 0 Å². The minimum Gasteiger partial charge on any atom is -0.340 e. The maximum absolute atomic E-state index is 13.3. The predicted octanol–water partition coefficient (Wildman–Crippen LogP) is 4.69. The summed E-state index contributed by atoms with van der Waals surface area (Å²) >= 11 is 0. The highest BCUT2D eigenvalue weighted by Gasteiger charge is 2.28. The molecule has 8 heteroatoms. The Morgan fingerprint density at radius 2 is 1.80 bits per heavy atom.